The number of rotatable bonds is 5. The molecule has 0 aromatic heterocycles. The molecule has 0 aromatic rings. The summed E-state index contributed by atoms with van der Waals surface area (Å²) in [7, 11) is 0. The van der Waals surface area contributed by atoms with Crippen LogP contribution in [0.5, 0.6) is 0 Å². The first kappa shape index (κ1) is 16.6. The van der Waals surface area contributed by atoms with Gasteiger partial charge in [0.25, 0.3) is 5.91 Å². The largest absolute Gasteiger partial charge is 0.443 e. The van der Waals surface area contributed by atoms with E-state index in [1.807, 2.05) is 19.9 Å². The minimum Gasteiger partial charge on any atom is -0.443 e. The summed E-state index contributed by atoms with van der Waals surface area (Å²) in [6.45, 7) is 3.30. The van der Waals surface area contributed by atoms with Crippen LogP contribution in [0.2, 0.25) is 0 Å². The lowest BCUT2D eigenvalue weighted by atomic mass is 10.1. The van der Waals surface area contributed by atoms with E-state index in [1.54, 1.807) is 6.08 Å². The molecule has 1 aliphatic carbocycles. The molecule has 0 radical (unpaired) electrons. The van der Waals surface area contributed by atoms with Gasteiger partial charge in [-0.15, -0.1) is 6.42 Å². The Morgan fingerprint density at radius 3 is 2.83 bits per heavy atom. The molecule has 3 amide bonds. The Kier molecular flexibility index (Phi) is 4.42. The molecule has 1 saturated heterocycles. The molecule has 2 rings (SSSR count). The molecule has 7 nitrogen and oxygen atoms in total. The summed E-state index contributed by atoms with van der Waals surface area (Å²) in [5, 5.41) is 8.56. The number of nitrogens with zero attached hydrogens (tertiary/aromatic N) is 3. The van der Waals surface area contributed by atoms with Gasteiger partial charge in [-0.1, -0.05) is 25.8 Å². The quantitative estimate of drug-likeness (QED) is 0.323. The molecule has 1 saturated carbocycles. The highest BCUT2D eigenvalue weighted by Crippen LogP contribution is 2.59. The van der Waals surface area contributed by atoms with Crippen LogP contribution in [0.3, 0.4) is 0 Å². The first-order valence-corrected chi connectivity index (χ1v) is 7.10. The summed E-state index contributed by atoms with van der Waals surface area (Å²) >= 11 is 0. The number of amides is 3. The van der Waals surface area contributed by atoms with Crippen molar-refractivity contribution in [3.05, 3.63) is 12.2 Å². The van der Waals surface area contributed by atoms with E-state index in [4.69, 9.17) is 16.4 Å². The summed E-state index contributed by atoms with van der Waals surface area (Å²) in [6.07, 6.45) is 8.14. The van der Waals surface area contributed by atoms with Crippen molar-refractivity contribution in [3.8, 4) is 18.4 Å². The SMILES string of the molecule is C#CCN1CC(=O)N(COC(=O)[C@@H]2[C@@H](/C=C\C#N)C2(C)C)C1=O. The van der Waals surface area contributed by atoms with Crippen LogP contribution in [0.1, 0.15) is 13.8 Å². The van der Waals surface area contributed by atoms with Crippen LogP contribution in [-0.2, 0) is 14.3 Å². The lowest BCUT2D eigenvalue weighted by Gasteiger charge is -2.15. The predicted octanol–water partition coefficient (Wildman–Crippen LogP) is 0.736. The summed E-state index contributed by atoms with van der Waals surface area (Å²) in [5.74, 6) is 0.885. The average molecular weight is 315 g/mol. The molecule has 2 aliphatic rings. The maximum absolute atomic E-state index is 12.1. The molecule has 7 heteroatoms. The molecule has 0 N–H and O–H groups in total. The second kappa shape index (κ2) is 6.13. The maximum Gasteiger partial charge on any atom is 0.330 e. The Balaban J connectivity index is 1.92. The summed E-state index contributed by atoms with van der Waals surface area (Å²) < 4.78 is 5.11. The number of imide groups is 1. The van der Waals surface area contributed by atoms with Gasteiger partial charge in [0.2, 0.25) is 0 Å². The molecule has 120 valence electrons. The van der Waals surface area contributed by atoms with Crippen LogP contribution in [0.4, 0.5) is 4.79 Å². The molecule has 23 heavy (non-hydrogen) atoms. The van der Waals surface area contributed by atoms with Crippen molar-refractivity contribution in [2.75, 3.05) is 19.8 Å². The van der Waals surface area contributed by atoms with Crippen LogP contribution in [-0.4, -0.2) is 47.5 Å². The van der Waals surface area contributed by atoms with Crippen LogP contribution < -0.4 is 0 Å². The van der Waals surface area contributed by atoms with Gasteiger partial charge >= 0.3 is 12.0 Å². The van der Waals surface area contributed by atoms with Crippen LogP contribution >= 0.6 is 0 Å². The fourth-order valence-corrected chi connectivity index (χ4v) is 2.81. The Bertz CT molecular complexity index is 653. The second-order valence-corrected chi connectivity index (χ2v) is 6.07. The lowest BCUT2D eigenvalue weighted by Crippen LogP contribution is -2.36. The van der Waals surface area contributed by atoms with E-state index in [-0.39, 0.29) is 30.3 Å². The van der Waals surface area contributed by atoms with Crippen molar-refractivity contribution in [2.45, 2.75) is 13.8 Å². The minimum absolute atomic E-state index is 0.0334. The van der Waals surface area contributed by atoms with Crippen LogP contribution in [0, 0.1) is 40.9 Å². The van der Waals surface area contributed by atoms with Crippen molar-refractivity contribution < 1.29 is 19.1 Å². The van der Waals surface area contributed by atoms with E-state index >= 15 is 0 Å². The fraction of sp³-hybridized carbons (Fsp3) is 0.500. The molecular formula is C16H17N3O4. The standard InChI is InChI=1S/C16H17N3O4/c1-4-8-18-9-12(20)19(15(18)22)10-23-14(21)13-11(6-5-7-17)16(13,2)3/h1,5-6,11,13H,8-10H2,2-3H3/b6-5-/t11-,13+/m1/s1. The third-order valence-electron chi connectivity index (χ3n) is 4.29. The Labute approximate surface area is 134 Å². The molecule has 1 aliphatic heterocycles. The van der Waals surface area contributed by atoms with E-state index < -0.39 is 24.6 Å². The van der Waals surface area contributed by atoms with Gasteiger partial charge in [-0.25, -0.2) is 9.69 Å². The zero-order valence-electron chi connectivity index (χ0n) is 13.0. The van der Waals surface area contributed by atoms with Crippen LogP contribution in [0.15, 0.2) is 12.2 Å². The third-order valence-corrected chi connectivity index (χ3v) is 4.29. The number of hydrogen-bond acceptors (Lipinski definition) is 5. The van der Waals surface area contributed by atoms with E-state index in [1.165, 1.54) is 11.0 Å². The normalized spacial score (nSPS) is 25.4. The van der Waals surface area contributed by atoms with Gasteiger partial charge in [0.05, 0.1) is 18.5 Å². The number of allylic oxidation sites excluding steroid dienone is 2. The highest BCUT2D eigenvalue weighted by molar-refractivity contribution is 6.02. The molecule has 0 bridgehead atoms. The second-order valence-electron chi connectivity index (χ2n) is 6.07. The van der Waals surface area contributed by atoms with Gasteiger partial charge in [0.1, 0.15) is 6.54 Å². The van der Waals surface area contributed by atoms with Gasteiger partial charge in [0, 0.05) is 6.08 Å². The van der Waals surface area contributed by atoms with Gasteiger partial charge in [-0.3, -0.25) is 9.59 Å². The lowest BCUT2D eigenvalue weighted by molar-refractivity contribution is -0.151. The van der Waals surface area contributed by atoms with E-state index in [9.17, 15) is 14.4 Å². The highest BCUT2D eigenvalue weighted by atomic mass is 16.5. The fourth-order valence-electron chi connectivity index (χ4n) is 2.81. The van der Waals surface area contributed by atoms with Gasteiger partial charge < -0.3 is 9.64 Å². The van der Waals surface area contributed by atoms with Crippen molar-refractivity contribution in [2.24, 2.45) is 17.3 Å². The first-order valence-electron chi connectivity index (χ1n) is 7.10. The summed E-state index contributed by atoms with van der Waals surface area (Å²) in [4.78, 5) is 37.9. The third kappa shape index (κ3) is 3.04. The predicted molar refractivity (Wildman–Crippen MR) is 79.1 cm³/mol. The van der Waals surface area contributed by atoms with Crippen molar-refractivity contribution in [1.82, 2.24) is 9.80 Å². The van der Waals surface area contributed by atoms with E-state index in [2.05, 4.69) is 5.92 Å². The maximum atomic E-state index is 12.1. The van der Waals surface area contributed by atoms with Gasteiger partial charge in [-0.05, 0) is 11.3 Å². The number of carbonyl (C=O) groups excluding carboxylic acids is 3. The molecular weight excluding hydrogens is 298 g/mol. The number of hydrogen-bond donors (Lipinski definition) is 0. The zero-order valence-corrected chi connectivity index (χ0v) is 13.0. The van der Waals surface area contributed by atoms with E-state index in [0.717, 1.165) is 4.90 Å². The highest BCUT2D eigenvalue weighted by Gasteiger charge is 2.61. The Morgan fingerprint density at radius 2 is 2.22 bits per heavy atom. The summed E-state index contributed by atoms with van der Waals surface area (Å²) in [5.41, 5.74) is -0.307. The average Bonchev–Trinajstić information content (AvgIpc) is 2.93. The number of esters is 1. The monoisotopic (exact) mass is 315 g/mol. The number of ether oxygens (including phenoxy) is 1. The van der Waals surface area contributed by atoms with Crippen LogP contribution in [0.25, 0.3) is 0 Å². The molecule has 1 heterocycles. The minimum atomic E-state index is -0.559. The summed E-state index contributed by atoms with van der Waals surface area (Å²) in [6, 6.07) is 1.33. The van der Waals surface area contributed by atoms with Crippen molar-refractivity contribution in [1.29, 1.82) is 5.26 Å². The number of urea groups is 1. The zero-order chi connectivity index (χ0) is 17.2. The van der Waals surface area contributed by atoms with Crippen molar-refractivity contribution >= 4 is 17.9 Å². The molecule has 0 aromatic carbocycles. The molecule has 0 spiro atoms. The number of terminal acetylenes is 1. The molecule has 2 atom stereocenters. The Morgan fingerprint density at radius 1 is 1.52 bits per heavy atom. The Hall–Kier alpha value is -2.80. The molecule has 0 unspecified atom stereocenters. The first-order chi connectivity index (χ1) is 10.8. The number of nitriles is 1. The van der Waals surface area contributed by atoms with Gasteiger partial charge in [0.15, 0.2) is 6.73 Å². The number of carbonyl (C=O) groups is 3. The topological polar surface area (TPSA) is 90.7 Å². The van der Waals surface area contributed by atoms with Crippen molar-refractivity contribution in [3.63, 3.8) is 0 Å². The van der Waals surface area contributed by atoms with Gasteiger partial charge in [-0.2, -0.15) is 5.26 Å². The molecule has 2 fully saturated rings. The smallest absolute Gasteiger partial charge is 0.330 e. The van der Waals surface area contributed by atoms with E-state index in [0.29, 0.717) is 0 Å².